The summed E-state index contributed by atoms with van der Waals surface area (Å²) < 4.78 is 31.6. The van der Waals surface area contributed by atoms with Gasteiger partial charge in [-0.1, -0.05) is 97.1 Å². The quantitative estimate of drug-likeness (QED) is 0.316. The van der Waals surface area contributed by atoms with E-state index in [1.807, 2.05) is 97.9 Å². The van der Waals surface area contributed by atoms with Crippen molar-refractivity contribution in [1.29, 1.82) is 0 Å². The lowest BCUT2D eigenvalue weighted by atomic mass is 9.98. The minimum absolute atomic E-state index is 0.258. The van der Waals surface area contributed by atoms with E-state index in [9.17, 15) is 0 Å². The van der Waals surface area contributed by atoms with Gasteiger partial charge in [-0.15, -0.1) is 6.58 Å². The third-order valence-electron chi connectivity index (χ3n) is 5.96. The van der Waals surface area contributed by atoms with E-state index in [-0.39, 0.29) is 12.2 Å². The first-order valence-corrected chi connectivity index (χ1v) is 12.1. The van der Waals surface area contributed by atoms with Gasteiger partial charge in [0, 0.05) is 0 Å². The van der Waals surface area contributed by atoms with Crippen LogP contribution in [0.1, 0.15) is 23.6 Å². The molecule has 1 fully saturated rings. The Morgan fingerprint density at radius 1 is 0.629 bits per heavy atom. The van der Waals surface area contributed by atoms with Crippen LogP contribution in [0.3, 0.4) is 0 Å². The van der Waals surface area contributed by atoms with Crippen LogP contribution >= 0.6 is 0 Å². The summed E-state index contributed by atoms with van der Waals surface area (Å²) in [6.45, 7) is 7.42. The zero-order valence-electron chi connectivity index (χ0n) is 20.2. The summed E-state index contributed by atoms with van der Waals surface area (Å²) in [6, 6.07) is 30.3. The van der Waals surface area contributed by atoms with Gasteiger partial charge in [0.05, 0.1) is 32.5 Å². The van der Waals surface area contributed by atoms with E-state index < -0.39 is 18.5 Å². The Balaban J connectivity index is 1.56. The van der Waals surface area contributed by atoms with Crippen LogP contribution in [0.5, 0.6) is 0 Å². The number of hydrogen-bond donors (Lipinski definition) is 0. The topological polar surface area (TPSA) is 46.2 Å². The monoisotopic (exact) mass is 474 g/mol. The van der Waals surface area contributed by atoms with Crippen molar-refractivity contribution in [2.75, 3.05) is 6.61 Å². The molecule has 0 unspecified atom stereocenters. The third-order valence-corrected chi connectivity index (χ3v) is 5.96. The van der Waals surface area contributed by atoms with E-state index in [0.717, 1.165) is 16.7 Å². The van der Waals surface area contributed by atoms with Gasteiger partial charge in [-0.25, -0.2) is 0 Å². The summed E-state index contributed by atoms with van der Waals surface area (Å²) >= 11 is 0. The molecule has 0 amide bonds. The number of rotatable bonds is 12. The minimum Gasteiger partial charge on any atom is -0.368 e. The van der Waals surface area contributed by atoms with Crippen molar-refractivity contribution >= 4 is 0 Å². The van der Waals surface area contributed by atoms with Crippen LogP contribution < -0.4 is 0 Å². The predicted octanol–water partition coefficient (Wildman–Crippen LogP) is 5.69. The van der Waals surface area contributed by atoms with Crippen LogP contribution in [0.15, 0.2) is 104 Å². The molecule has 3 aromatic carbocycles. The molecule has 4 rings (SSSR count). The zero-order valence-corrected chi connectivity index (χ0v) is 20.2. The van der Waals surface area contributed by atoms with Crippen LogP contribution in [0.4, 0.5) is 0 Å². The normalized spacial score (nSPS) is 24.2. The average Bonchev–Trinajstić information content (AvgIpc) is 2.91. The lowest BCUT2D eigenvalue weighted by Crippen LogP contribution is -2.60. The molecule has 0 bridgehead atoms. The molecule has 0 saturated carbocycles. The summed E-state index contributed by atoms with van der Waals surface area (Å²) in [5, 5.41) is 0. The Morgan fingerprint density at radius 2 is 1.06 bits per heavy atom. The van der Waals surface area contributed by atoms with Gasteiger partial charge < -0.3 is 23.7 Å². The van der Waals surface area contributed by atoms with Gasteiger partial charge in [0.1, 0.15) is 18.3 Å². The second kappa shape index (κ2) is 13.3. The van der Waals surface area contributed by atoms with Gasteiger partial charge in [0.15, 0.2) is 6.29 Å². The predicted molar refractivity (Wildman–Crippen MR) is 136 cm³/mol. The van der Waals surface area contributed by atoms with Gasteiger partial charge >= 0.3 is 0 Å². The molecule has 5 nitrogen and oxygen atoms in total. The van der Waals surface area contributed by atoms with Crippen molar-refractivity contribution in [2.24, 2.45) is 0 Å². The van der Waals surface area contributed by atoms with Gasteiger partial charge in [0.25, 0.3) is 0 Å². The first-order chi connectivity index (χ1) is 17.2. The fourth-order valence-corrected chi connectivity index (χ4v) is 4.17. The fraction of sp³-hybridized carbons (Fsp3) is 0.333. The van der Waals surface area contributed by atoms with Crippen LogP contribution in [-0.2, 0) is 43.5 Å². The first kappa shape index (κ1) is 25.3. The maximum atomic E-state index is 6.52. The molecule has 0 aromatic heterocycles. The highest BCUT2D eigenvalue weighted by molar-refractivity contribution is 5.15. The van der Waals surface area contributed by atoms with Gasteiger partial charge in [0.2, 0.25) is 0 Å². The summed E-state index contributed by atoms with van der Waals surface area (Å²) in [6.07, 6.45) is -0.393. The van der Waals surface area contributed by atoms with Crippen molar-refractivity contribution in [3.05, 3.63) is 120 Å². The Bertz CT molecular complexity index is 995. The minimum atomic E-state index is -0.607. The molecule has 35 heavy (non-hydrogen) atoms. The Morgan fingerprint density at radius 3 is 1.51 bits per heavy atom. The molecule has 1 heterocycles. The molecular formula is C30H34O5. The van der Waals surface area contributed by atoms with Crippen molar-refractivity contribution in [1.82, 2.24) is 0 Å². The highest BCUT2D eigenvalue weighted by Crippen LogP contribution is 2.31. The largest absolute Gasteiger partial charge is 0.368 e. The average molecular weight is 475 g/mol. The molecule has 0 N–H and O–H groups in total. The van der Waals surface area contributed by atoms with Crippen LogP contribution in [0.2, 0.25) is 0 Å². The van der Waals surface area contributed by atoms with E-state index in [1.165, 1.54) is 0 Å². The number of ether oxygens (including phenoxy) is 5. The van der Waals surface area contributed by atoms with E-state index in [1.54, 1.807) is 6.08 Å². The molecule has 1 saturated heterocycles. The second-order valence-electron chi connectivity index (χ2n) is 8.62. The summed E-state index contributed by atoms with van der Waals surface area (Å²) in [5.41, 5.74) is 3.24. The second-order valence-corrected chi connectivity index (χ2v) is 8.62. The van der Waals surface area contributed by atoms with E-state index in [0.29, 0.717) is 26.4 Å². The standard InChI is InChI=1S/C30H34O5/c1-3-19-31-30-29(34-22-26-17-11-6-12-18-26)28(33-21-25-15-9-5-10-16-25)27(23(2)35-30)32-20-24-13-7-4-8-14-24/h3-18,23,27-30H,1,19-22H2,2H3/t23-,27-,28+,29+,30+/m1/s1. The lowest BCUT2D eigenvalue weighted by Gasteiger charge is -2.45. The van der Waals surface area contributed by atoms with E-state index in [2.05, 4.69) is 6.58 Å². The maximum Gasteiger partial charge on any atom is 0.187 e. The van der Waals surface area contributed by atoms with Crippen molar-refractivity contribution < 1.29 is 23.7 Å². The first-order valence-electron chi connectivity index (χ1n) is 12.1. The summed E-state index contributed by atoms with van der Waals surface area (Å²) in [4.78, 5) is 0. The Kier molecular flexibility index (Phi) is 9.64. The smallest absolute Gasteiger partial charge is 0.187 e. The molecule has 1 aliphatic heterocycles. The molecule has 0 aliphatic carbocycles. The van der Waals surface area contributed by atoms with Gasteiger partial charge in [-0.2, -0.15) is 0 Å². The molecule has 0 spiro atoms. The van der Waals surface area contributed by atoms with Crippen molar-refractivity contribution in [3.8, 4) is 0 Å². The molecule has 5 heteroatoms. The van der Waals surface area contributed by atoms with Gasteiger partial charge in [-0.3, -0.25) is 0 Å². The van der Waals surface area contributed by atoms with Crippen LogP contribution in [0.25, 0.3) is 0 Å². The molecule has 1 aliphatic rings. The van der Waals surface area contributed by atoms with Crippen molar-refractivity contribution in [2.45, 2.75) is 57.5 Å². The zero-order chi connectivity index (χ0) is 24.3. The highest BCUT2D eigenvalue weighted by Gasteiger charge is 2.47. The van der Waals surface area contributed by atoms with Crippen LogP contribution in [-0.4, -0.2) is 37.3 Å². The van der Waals surface area contributed by atoms with Crippen molar-refractivity contribution in [3.63, 3.8) is 0 Å². The summed E-state index contributed by atoms with van der Waals surface area (Å²) in [7, 11) is 0. The van der Waals surface area contributed by atoms with Gasteiger partial charge in [-0.05, 0) is 23.6 Å². The van der Waals surface area contributed by atoms with Crippen LogP contribution in [0, 0.1) is 0 Å². The fourth-order valence-electron chi connectivity index (χ4n) is 4.17. The number of benzene rings is 3. The Labute approximate surface area is 208 Å². The summed E-state index contributed by atoms with van der Waals surface area (Å²) in [5.74, 6) is 0. The van der Waals surface area contributed by atoms with E-state index in [4.69, 9.17) is 23.7 Å². The molecule has 3 aromatic rings. The molecule has 184 valence electrons. The lowest BCUT2D eigenvalue weighted by molar-refractivity contribution is -0.318. The Hall–Kier alpha value is -2.80. The SMILES string of the molecule is C=CCO[C@H]1O[C@H](C)[C@@H](OCc2ccccc2)[C@H](OCc2ccccc2)[C@@H]1OCc1ccccc1. The third kappa shape index (κ3) is 7.34. The molecular weight excluding hydrogens is 440 g/mol. The molecule has 5 atom stereocenters. The van der Waals surface area contributed by atoms with E-state index >= 15 is 0 Å². The maximum absolute atomic E-state index is 6.52. The highest BCUT2D eigenvalue weighted by atomic mass is 16.7. The molecule has 0 radical (unpaired) electrons. The number of hydrogen-bond acceptors (Lipinski definition) is 5.